The molecule has 1 saturated heterocycles. The van der Waals surface area contributed by atoms with E-state index in [0.29, 0.717) is 24.7 Å². The Labute approximate surface area is 131 Å². The molecule has 0 N–H and O–H groups in total. The minimum absolute atomic E-state index is 0.0438. The second-order valence-electron chi connectivity index (χ2n) is 8.61. The number of carbonyl (C=O) groups is 2. The van der Waals surface area contributed by atoms with Crippen molar-refractivity contribution in [2.75, 3.05) is 6.61 Å². The second-order valence-corrected chi connectivity index (χ2v) is 8.61. The lowest BCUT2D eigenvalue weighted by Crippen LogP contribution is -2.50. The maximum atomic E-state index is 13.0. The molecular weight excluding hydrogens is 280 g/mol. The van der Waals surface area contributed by atoms with Gasteiger partial charge in [-0.15, -0.1) is 0 Å². The van der Waals surface area contributed by atoms with Crippen molar-refractivity contribution in [1.82, 2.24) is 0 Å². The fraction of sp³-hybridized carbons (Fsp3) is 0.889. The number of hydrogen-bond donors (Lipinski definition) is 0. The van der Waals surface area contributed by atoms with Gasteiger partial charge in [-0.1, -0.05) is 20.8 Å². The first-order valence-corrected chi connectivity index (χ1v) is 8.69. The van der Waals surface area contributed by atoms with Crippen molar-refractivity contribution in [1.29, 1.82) is 0 Å². The molecule has 0 spiro atoms. The molecule has 4 heteroatoms. The first-order valence-electron chi connectivity index (χ1n) is 8.69. The highest BCUT2D eigenvalue weighted by molar-refractivity contribution is 5.86. The Bertz CT molecular complexity index is 527. The van der Waals surface area contributed by atoms with Crippen molar-refractivity contribution < 1.29 is 19.1 Å². The van der Waals surface area contributed by atoms with E-state index in [1.165, 1.54) is 0 Å². The van der Waals surface area contributed by atoms with Crippen LogP contribution in [0.3, 0.4) is 0 Å². The first-order chi connectivity index (χ1) is 10.3. The van der Waals surface area contributed by atoms with Crippen LogP contribution in [0.4, 0.5) is 0 Å². The number of fused-ring (bicyclic) bond motifs is 3. The molecule has 3 saturated carbocycles. The van der Waals surface area contributed by atoms with E-state index >= 15 is 0 Å². The topological polar surface area (TPSA) is 52.6 Å². The van der Waals surface area contributed by atoms with E-state index in [1.54, 1.807) is 0 Å². The summed E-state index contributed by atoms with van der Waals surface area (Å²) in [5.74, 6) is 0.469. The number of esters is 1. The number of rotatable bonds is 2. The molecule has 5 atom stereocenters. The van der Waals surface area contributed by atoms with Gasteiger partial charge in [-0.05, 0) is 43.4 Å². The normalized spacial score (nSPS) is 48.7. The van der Waals surface area contributed by atoms with Gasteiger partial charge in [0.1, 0.15) is 11.9 Å². The maximum Gasteiger partial charge on any atom is 0.339 e. The minimum Gasteiger partial charge on any atom is -0.459 e. The molecule has 0 aromatic heterocycles. The van der Waals surface area contributed by atoms with E-state index in [1.807, 2.05) is 0 Å². The lowest BCUT2D eigenvalue weighted by Gasteiger charge is -2.37. The molecule has 4 fully saturated rings. The molecule has 2 bridgehead atoms. The van der Waals surface area contributed by atoms with Crippen LogP contribution in [0, 0.1) is 22.7 Å². The molecule has 0 radical (unpaired) electrons. The van der Waals surface area contributed by atoms with Crippen LogP contribution in [0.1, 0.15) is 59.3 Å². The summed E-state index contributed by atoms with van der Waals surface area (Å²) in [4.78, 5) is 25.1. The molecular formula is C18H26O4. The smallest absolute Gasteiger partial charge is 0.339 e. The number of Topliss-reactive ketones (excluding diaryl/α,β-unsaturated/α-hetero) is 1. The SMILES string of the molecule is CC12CCC(C(=O)OC3CCC4CCC(=O)C43)(OC1)C2(C)C. The number of ether oxygens (including phenoxy) is 2. The van der Waals surface area contributed by atoms with Crippen molar-refractivity contribution in [2.24, 2.45) is 22.7 Å². The zero-order valence-electron chi connectivity index (χ0n) is 13.8. The van der Waals surface area contributed by atoms with Gasteiger partial charge in [-0.3, -0.25) is 4.79 Å². The van der Waals surface area contributed by atoms with Crippen LogP contribution in [0.25, 0.3) is 0 Å². The monoisotopic (exact) mass is 306 g/mol. The van der Waals surface area contributed by atoms with Crippen molar-refractivity contribution in [3.63, 3.8) is 0 Å². The highest BCUT2D eigenvalue weighted by atomic mass is 16.6. The summed E-state index contributed by atoms with van der Waals surface area (Å²) in [6, 6.07) is 0. The fourth-order valence-corrected chi connectivity index (χ4v) is 5.46. The zero-order chi connectivity index (χ0) is 15.8. The van der Waals surface area contributed by atoms with Crippen molar-refractivity contribution in [2.45, 2.75) is 71.0 Å². The molecule has 122 valence electrons. The van der Waals surface area contributed by atoms with Gasteiger partial charge < -0.3 is 9.47 Å². The van der Waals surface area contributed by atoms with E-state index in [-0.39, 0.29) is 28.8 Å². The first kappa shape index (κ1) is 14.7. The van der Waals surface area contributed by atoms with Gasteiger partial charge in [0, 0.05) is 11.8 Å². The van der Waals surface area contributed by atoms with Crippen molar-refractivity contribution in [3.8, 4) is 0 Å². The van der Waals surface area contributed by atoms with Crippen LogP contribution in [0.2, 0.25) is 0 Å². The maximum absolute atomic E-state index is 13.0. The Morgan fingerprint density at radius 1 is 1.18 bits per heavy atom. The van der Waals surface area contributed by atoms with Gasteiger partial charge in [0.05, 0.1) is 12.5 Å². The third kappa shape index (κ3) is 1.57. The van der Waals surface area contributed by atoms with Crippen LogP contribution in [-0.4, -0.2) is 30.1 Å². The summed E-state index contributed by atoms with van der Waals surface area (Å²) in [5.41, 5.74) is -0.969. The quantitative estimate of drug-likeness (QED) is 0.736. The van der Waals surface area contributed by atoms with Crippen molar-refractivity contribution in [3.05, 3.63) is 0 Å². The van der Waals surface area contributed by atoms with Gasteiger partial charge >= 0.3 is 5.97 Å². The zero-order valence-corrected chi connectivity index (χ0v) is 13.8. The Kier molecular flexibility index (Phi) is 2.90. The van der Waals surface area contributed by atoms with Crippen LogP contribution in [-0.2, 0) is 19.1 Å². The third-order valence-corrected chi connectivity index (χ3v) is 7.64. The lowest BCUT2D eigenvalue weighted by molar-refractivity contribution is -0.183. The molecule has 0 amide bonds. The van der Waals surface area contributed by atoms with E-state index in [4.69, 9.17) is 9.47 Å². The summed E-state index contributed by atoms with van der Waals surface area (Å²) >= 11 is 0. The summed E-state index contributed by atoms with van der Waals surface area (Å²) < 4.78 is 11.9. The second kappa shape index (κ2) is 4.34. The van der Waals surface area contributed by atoms with E-state index in [0.717, 1.165) is 32.1 Å². The standard InChI is InChI=1S/C18H26O4/c1-16(2)17(3)8-9-18(16,21-10-17)15(20)22-13-7-5-11-4-6-12(19)14(11)13/h11,13-14H,4-10H2,1-3H3. The van der Waals surface area contributed by atoms with Gasteiger partial charge in [0.2, 0.25) is 0 Å². The Morgan fingerprint density at radius 3 is 2.55 bits per heavy atom. The highest BCUT2D eigenvalue weighted by Crippen LogP contribution is 2.65. The van der Waals surface area contributed by atoms with Crippen LogP contribution in [0.5, 0.6) is 0 Å². The Hall–Kier alpha value is -0.900. The summed E-state index contributed by atoms with van der Waals surface area (Å²) in [6.07, 6.45) is 5.02. The summed E-state index contributed by atoms with van der Waals surface area (Å²) in [7, 11) is 0. The molecule has 0 aromatic rings. The average molecular weight is 306 g/mol. The molecule has 5 unspecified atom stereocenters. The predicted octanol–water partition coefficient (Wildman–Crippen LogP) is 2.88. The molecule has 3 aliphatic carbocycles. The van der Waals surface area contributed by atoms with E-state index in [9.17, 15) is 9.59 Å². The molecule has 1 heterocycles. The van der Waals surface area contributed by atoms with Gasteiger partial charge in [-0.2, -0.15) is 0 Å². The van der Waals surface area contributed by atoms with Gasteiger partial charge in [-0.25, -0.2) is 4.79 Å². The predicted molar refractivity (Wildman–Crippen MR) is 80.1 cm³/mol. The molecule has 0 aromatic carbocycles. The number of ketones is 1. The molecule has 4 rings (SSSR count). The minimum atomic E-state index is -0.804. The Morgan fingerprint density at radius 2 is 1.95 bits per heavy atom. The van der Waals surface area contributed by atoms with Crippen LogP contribution < -0.4 is 0 Å². The summed E-state index contributed by atoms with van der Waals surface area (Å²) in [6.45, 7) is 7.10. The van der Waals surface area contributed by atoms with Gasteiger partial charge in [0.25, 0.3) is 0 Å². The van der Waals surface area contributed by atoms with Crippen LogP contribution >= 0.6 is 0 Å². The molecule has 4 nitrogen and oxygen atoms in total. The number of carbonyl (C=O) groups excluding carboxylic acids is 2. The van der Waals surface area contributed by atoms with Gasteiger partial charge in [0.15, 0.2) is 5.60 Å². The lowest BCUT2D eigenvalue weighted by atomic mass is 9.66. The summed E-state index contributed by atoms with van der Waals surface area (Å²) in [5, 5.41) is 0. The fourth-order valence-electron chi connectivity index (χ4n) is 5.46. The highest BCUT2D eigenvalue weighted by Gasteiger charge is 2.71. The van der Waals surface area contributed by atoms with Crippen molar-refractivity contribution >= 4 is 11.8 Å². The molecule has 22 heavy (non-hydrogen) atoms. The molecule has 1 aliphatic heterocycles. The average Bonchev–Trinajstić information content (AvgIpc) is 3.13. The largest absolute Gasteiger partial charge is 0.459 e. The molecule has 4 aliphatic rings. The van der Waals surface area contributed by atoms with Crippen LogP contribution in [0.15, 0.2) is 0 Å². The van der Waals surface area contributed by atoms with E-state index < -0.39 is 5.60 Å². The Balaban J connectivity index is 1.55. The number of hydrogen-bond acceptors (Lipinski definition) is 4. The van der Waals surface area contributed by atoms with E-state index in [2.05, 4.69) is 20.8 Å². The third-order valence-electron chi connectivity index (χ3n) is 7.64.